The lowest BCUT2D eigenvalue weighted by atomic mass is 9.98. The smallest absolute Gasteiger partial charge is 0.249 e. The molecule has 0 spiro atoms. The van der Waals surface area contributed by atoms with Gasteiger partial charge in [-0.05, 0) is 89.9 Å². The molecule has 0 saturated carbocycles. The Labute approximate surface area is 568 Å². The first-order chi connectivity index (χ1) is 45.2. The van der Waals surface area contributed by atoms with Crippen molar-refractivity contribution in [1.29, 1.82) is 0 Å². The van der Waals surface area contributed by atoms with E-state index in [4.69, 9.17) is 9.47 Å². The molecule has 542 valence electrons. The Morgan fingerprint density at radius 3 is 0.967 bits per heavy atom. The van der Waals surface area contributed by atoms with Crippen molar-refractivity contribution in [3.8, 4) is 0 Å². The highest BCUT2D eigenvalue weighted by molar-refractivity contribution is 5.80. The van der Waals surface area contributed by atoms with E-state index in [9.17, 15) is 40.5 Å². The van der Waals surface area contributed by atoms with Crippen LogP contribution in [0.25, 0.3) is 0 Å². The number of hydrogen-bond acceptors (Lipinski definition) is 10. The van der Waals surface area contributed by atoms with Gasteiger partial charge in [-0.15, -0.1) is 0 Å². The lowest BCUT2D eigenvalue weighted by Crippen LogP contribution is -2.60. The van der Waals surface area contributed by atoms with E-state index < -0.39 is 74.2 Å². The molecule has 0 aliphatic carbocycles. The number of rotatable bonds is 71. The zero-order chi connectivity index (χ0) is 66.7. The maximum Gasteiger partial charge on any atom is 0.249 e. The Bertz CT molecular complexity index is 1640. The average molecular weight is 1300 g/mol. The third-order valence-corrected chi connectivity index (χ3v) is 19.3. The van der Waals surface area contributed by atoms with E-state index in [-0.39, 0.29) is 12.8 Å². The number of unbranched alkanes of at least 4 members (excludes halogenated alkanes) is 51. The van der Waals surface area contributed by atoms with Crippen molar-refractivity contribution in [3.05, 3.63) is 48.6 Å². The van der Waals surface area contributed by atoms with Crippen LogP contribution >= 0.6 is 0 Å². The summed E-state index contributed by atoms with van der Waals surface area (Å²) < 4.78 is 11.2. The number of ether oxygens (including phenoxy) is 2. The van der Waals surface area contributed by atoms with Crippen molar-refractivity contribution in [1.82, 2.24) is 5.32 Å². The van der Waals surface area contributed by atoms with Gasteiger partial charge in [0.2, 0.25) is 5.91 Å². The maximum absolute atomic E-state index is 13.3. The molecule has 9 unspecified atom stereocenters. The van der Waals surface area contributed by atoms with E-state index in [1.54, 1.807) is 0 Å². The molecule has 92 heavy (non-hydrogen) atoms. The summed E-state index contributed by atoms with van der Waals surface area (Å²) in [7, 11) is 0. The fourth-order valence-corrected chi connectivity index (χ4v) is 12.9. The number of carbonyl (C=O) groups excluding carboxylic acids is 1. The molecule has 1 saturated heterocycles. The van der Waals surface area contributed by atoms with E-state index in [0.29, 0.717) is 19.3 Å². The highest BCUT2D eigenvalue weighted by Crippen LogP contribution is 2.24. The third kappa shape index (κ3) is 55.1. The van der Waals surface area contributed by atoms with E-state index >= 15 is 0 Å². The molecule has 1 amide bonds. The molecule has 0 aromatic carbocycles. The van der Waals surface area contributed by atoms with Crippen molar-refractivity contribution in [2.24, 2.45) is 0 Å². The van der Waals surface area contributed by atoms with Crippen LogP contribution in [-0.4, -0.2) is 110 Å². The van der Waals surface area contributed by atoms with Crippen LogP contribution in [0, 0.1) is 0 Å². The van der Waals surface area contributed by atoms with Gasteiger partial charge in [0.25, 0.3) is 0 Å². The predicted molar refractivity (Wildman–Crippen MR) is 390 cm³/mol. The Hall–Kier alpha value is -1.93. The fourth-order valence-electron chi connectivity index (χ4n) is 12.9. The number of nitrogens with one attached hydrogen (secondary N) is 1. The molecule has 9 atom stereocenters. The molecule has 1 aliphatic heterocycles. The second kappa shape index (κ2) is 69.0. The number of aliphatic hydroxyl groups excluding tert-OH is 7. The SMILES string of the molecule is CCCCCCCCCCCCCCCC/C=C\CCCCCCCCCCCCCCCCCCC(O)C(=O)NC(COC1OC(CO)C(O)C(O)C1O)C(O)C(O)CCC/C=C/CC/C=C/CC/C=C/CCCCCCCCCCCCCCCCCCCC. The summed E-state index contributed by atoms with van der Waals surface area (Å²) in [6, 6.07) is -1.20. The molecule has 1 rings (SSSR count). The topological polar surface area (TPSA) is 189 Å². The first kappa shape index (κ1) is 88.1. The highest BCUT2D eigenvalue weighted by atomic mass is 16.7. The third-order valence-electron chi connectivity index (χ3n) is 19.3. The first-order valence-electron chi connectivity index (χ1n) is 40.0. The number of hydrogen-bond donors (Lipinski definition) is 8. The Balaban J connectivity index is 2.17. The summed E-state index contributed by atoms with van der Waals surface area (Å²) >= 11 is 0. The van der Waals surface area contributed by atoms with E-state index in [2.05, 4.69) is 67.8 Å². The largest absolute Gasteiger partial charge is 0.394 e. The summed E-state index contributed by atoms with van der Waals surface area (Å²) in [6.45, 7) is 3.50. The molecule has 0 bridgehead atoms. The van der Waals surface area contributed by atoms with Crippen molar-refractivity contribution in [2.75, 3.05) is 13.2 Å². The van der Waals surface area contributed by atoms with Gasteiger partial charge >= 0.3 is 0 Å². The van der Waals surface area contributed by atoms with Crippen molar-refractivity contribution in [2.45, 2.75) is 448 Å². The molecule has 11 heteroatoms. The summed E-state index contributed by atoms with van der Waals surface area (Å²) in [6.07, 6.45) is 80.9. The van der Waals surface area contributed by atoms with Gasteiger partial charge < -0.3 is 50.5 Å². The van der Waals surface area contributed by atoms with Crippen molar-refractivity contribution >= 4 is 5.91 Å². The van der Waals surface area contributed by atoms with Crippen LogP contribution in [0.3, 0.4) is 0 Å². The zero-order valence-corrected chi connectivity index (χ0v) is 60.3. The summed E-state index contributed by atoms with van der Waals surface area (Å²) in [5, 5.41) is 76.7. The second-order valence-corrected chi connectivity index (χ2v) is 28.1. The lowest BCUT2D eigenvalue weighted by molar-refractivity contribution is -0.303. The van der Waals surface area contributed by atoms with Crippen LogP contribution < -0.4 is 5.32 Å². The molecule has 1 fully saturated rings. The molecular formula is C81H153NO10. The van der Waals surface area contributed by atoms with Crippen LogP contribution in [-0.2, 0) is 14.3 Å². The van der Waals surface area contributed by atoms with Crippen LogP contribution in [0.4, 0.5) is 0 Å². The number of aliphatic hydroxyl groups is 7. The molecule has 0 radical (unpaired) electrons. The average Bonchev–Trinajstić information content (AvgIpc) is 0.913. The standard InChI is InChI=1S/C81H153NO10/c1-3-5-7-9-11-13-15-17-19-21-23-25-27-29-31-33-35-36-37-39-41-43-45-47-49-51-53-55-57-59-61-63-65-67-69-74(85)80(90)82-72(71-91-81-79(89)78(88)77(87)75(70-83)92-81)76(86)73(84)68-66-64-62-60-58-56-54-52-50-48-46-44-42-40-38-34-32-30-28-26-24-22-20-18-16-14-12-10-8-6-4-2/h33,35,44,46,52,54,60,62,72-79,81,83-89H,3-32,34,36-43,45,47-51,53,55-59,61,63-71H2,1-2H3,(H,82,90)/b35-33-,46-44+,54-52+,62-60+. The summed E-state index contributed by atoms with van der Waals surface area (Å²) in [5.74, 6) is -0.707. The van der Waals surface area contributed by atoms with Gasteiger partial charge in [-0.1, -0.05) is 351 Å². The minimum atomic E-state index is -1.68. The number of amides is 1. The minimum absolute atomic E-state index is 0.242. The Morgan fingerprint density at radius 2 is 0.652 bits per heavy atom. The Morgan fingerprint density at radius 1 is 0.370 bits per heavy atom. The summed E-state index contributed by atoms with van der Waals surface area (Å²) in [5.41, 5.74) is 0. The molecule has 1 aliphatic rings. The molecule has 1 heterocycles. The molecular weight excluding hydrogens is 1150 g/mol. The Kier molecular flexibility index (Phi) is 66.1. The zero-order valence-electron chi connectivity index (χ0n) is 60.3. The maximum atomic E-state index is 13.3. The normalized spacial score (nSPS) is 18.6. The van der Waals surface area contributed by atoms with E-state index in [1.807, 2.05) is 0 Å². The van der Waals surface area contributed by atoms with Gasteiger partial charge in [0.15, 0.2) is 6.29 Å². The van der Waals surface area contributed by atoms with Gasteiger partial charge in [0.05, 0.1) is 25.4 Å². The van der Waals surface area contributed by atoms with Crippen LogP contribution in [0.1, 0.15) is 393 Å². The van der Waals surface area contributed by atoms with Crippen LogP contribution in [0.5, 0.6) is 0 Å². The van der Waals surface area contributed by atoms with Crippen molar-refractivity contribution in [3.63, 3.8) is 0 Å². The first-order valence-corrected chi connectivity index (χ1v) is 40.0. The quantitative estimate of drug-likeness (QED) is 0.0215. The highest BCUT2D eigenvalue weighted by Gasteiger charge is 2.44. The number of allylic oxidation sites excluding steroid dienone is 8. The molecule has 11 nitrogen and oxygen atoms in total. The summed E-state index contributed by atoms with van der Waals surface area (Å²) in [4.78, 5) is 13.3. The molecule has 0 aromatic heterocycles. The molecule has 8 N–H and O–H groups in total. The second-order valence-electron chi connectivity index (χ2n) is 28.1. The van der Waals surface area contributed by atoms with Gasteiger partial charge in [-0.25, -0.2) is 0 Å². The van der Waals surface area contributed by atoms with E-state index in [0.717, 1.165) is 44.9 Å². The van der Waals surface area contributed by atoms with Gasteiger partial charge in [0, 0.05) is 0 Å². The fraction of sp³-hybridized carbons (Fsp3) is 0.889. The van der Waals surface area contributed by atoms with Gasteiger partial charge in [-0.2, -0.15) is 0 Å². The van der Waals surface area contributed by atoms with E-state index in [1.165, 1.54) is 302 Å². The molecule has 0 aromatic rings. The minimum Gasteiger partial charge on any atom is -0.394 e. The number of carbonyl (C=O) groups is 1. The van der Waals surface area contributed by atoms with Crippen LogP contribution in [0.15, 0.2) is 48.6 Å². The van der Waals surface area contributed by atoms with Gasteiger partial charge in [-0.3, -0.25) is 4.79 Å². The van der Waals surface area contributed by atoms with Gasteiger partial charge in [0.1, 0.15) is 36.6 Å². The monoisotopic (exact) mass is 1300 g/mol. The predicted octanol–water partition coefficient (Wildman–Crippen LogP) is 20.7. The van der Waals surface area contributed by atoms with Crippen LogP contribution in [0.2, 0.25) is 0 Å². The lowest BCUT2D eigenvalue weighted by Gasteiger charge is -2.40. The van der Waals surface area contributed by atoms with Crippen molar-refractivity contribution < 1.29 is 50.0 Å².